The quantitative estimate of drug-likeness (QED) is 0.158. The highest BCUT2D eigenvalue weighted by atomic mass is 28.4. The molecule has 0 radical (unpaired) electrons. The summed E-state index contributed by atoms with van der Waals surface area (Å²) in [5.41, 5.74) is 11.5. The van der Waals surface area contributed by atoms with Crippen LogP contribution in [-0.2, 0) is 29.6 Å². The van der Waals surface area contributed by atoms with E-state index >= 15 is 0 Å². The molecule has 0 unspecified atom stereocenters. The molecule has 0 bridgehead atoms. The van der Waals surface area contributed by atoms with E-state index in [9.17, 15) is 9.18 Å². The van der Waals surface area contributed by atoms with Crippen molar-refractivity contribution in [1.82, 2.24) is 9.55 Å². The number of terminal acetylenes is 1. The maximum absolute atomic E-state index is 14.2. The highest BCUT2D eigenvalue weighted by molar-refractivity contribution is 6.74. The zero-order chi connectivity index (χ0) is 33.6. The van der Waals surface area contributed by atoms with Gasteiger partial charge in [0.2, 0.25) is 11.8 Å². The lowest BCUT2D eigenvalue weighted by molar-refractivity contribution is -0.119. The third kappa shape index (κ3) is 6.42. The number of rotatable bonds is 9. The minimum absolute atomic E-state index is 0.0432. The first kappa shape index (κ1) is 33.2. The van der Waals surface area contributed by atoms with Gasteiger partial charge in [-0.05, 0) is 72.1 Å². The molecule has 0 aliphatic carbocycles. The molecule has 4 aromatic rings. The number of aromatic nitrogens is 2. The van der Waals surface area contributed by atoms with E-state index in [1.807, 2.05) is 35.0 Å². The zero-order valence-electron chi connectivity index (χ0n) is 28.2. The molecule has 2 N–H and O–H groups in total. The van der Waals surface area contributed by atoms with Gasteiger partial charge in [-0.1, -0.05) is 52.7 Å². The highest BCUT2D eigenvalue weighted by Gasteiger charge is 2.44. The summed E-state index contributed by atoms with van der Waals surface area (Å²) in [6.07, 6.45) is 8.43. The van der Waals surface area contributed by atoms with E-state index in [-0.39, 0.29) is 16.8 Å². The molecule has 1 aliphatic heterocycles. The smallest absolute Gasteiger partial charge is 0.252 e. The zero-order valence-corrected chi connectivity index (χ0v) is 29.2. The van der Waals surface area contributed by atoms with Crippen LogP contribution in [0.1, 0.15) is 57.0 Å². The van der Waals surface area contributed by atoms with Crippen molar-refractivity contribution in [2.45, 2.75) is 83.6 Å². The van der Waals surface area contributed by atoms with Crippen molar-refractivity contribution in [2.75, 3.05) is 18.6 Å². The molecule has 0 saturated carbocycles. The van der Waals surface area contributed by atoms with Crippen molar-refractivity contribution in [3.63, 3.8) is 0 Å². The molecule has 46 heavy (non-hydrogen) atoms. The van der Waals surface area contributed by atoms with Crippen LogP contribution in [0.25, 0.3) is 10.9 Å². The molecule has 5 rings (SSSR count). The average Bonchev–Trinajstić information content (AvgIpc) is 3.45. The second-order valence-electron chi connectivity index (χ2n) is 14.5. The number of anilines is 1. The fourth-order valence-corrected chi connectivity index (χ4v) is 6.77. The molecule has 1 aliphatic rings. The molecule has 3 heterocycles. The summed E-state index contributed by atoms with van der Waals surface area (Å²) in [4.78, 5) is 21.1. The van der Waals surface area contributed by atoms with Gasteiger partial charge in [-0.25, -0.2) is 9.37 Å². The van der Waals surface area contributed by atoms with Crippen LogP contribution in [0.3, 0.4) is 0 Å². The van der Waals surface area contributed by atoms with Gasteiger partial charge in [0, 0.05) is 41.0 Å². The molecule has 242 valence electrons. The second kappa shape index (κ2) is 12.2. The molecule has 2 aromatic heterocycles. The largest absolute Gasteiger partial charge is 0.530 e. The van der Waals surface area contributed by atoms with Gasteiger partial charge in [-0.15, -0.1) is 6.42 Å². The van der Waals surface area contributed by atoms with Gasteiger partial charge >= 0.3 is 0 Å². The molecular formula is C37H45FN4O3Si. The lowest BCUT2D eigenvalue weighted by Gasteiger charge is -2.36. The van der Waals surface area contributed by atoms with Gasteiger partial charge in [0.25, 0.3) is 8.32 Å². The van der Waals surface area contributed by atoms with Gasteiger partial charge in [0.15, 0.2) is 0 Å². The van der Waals surface area contributed by atoms with Crippen molar-refractivity contribution in [2.24, 2.45) is 5.73 Å². The van der Waals surface area contributed by atoms with Crippen molar-refractivity contribution >= 4 is 30.8 Å². The maximum atomic E-state index is 14.2. The molecule has 0 spiro atoms. The monoisotopic (exact) mass is 640 g/mol. The number of methoxy groups -OCH3 is 1. The number of hydrogen-bond acceptors (Lipinski definition) is 5. The molecular weight excluding hydrogens is 596 g/mol. The summed E-state index contributed by atoms with van der Waals surface area (Å²) in [6.45, 7) is 16.0. The number of carbonyl (C=O) groups is 1. The summed E-state index contributed by atoms with van der Waals surface area (Å²) in [5, 5.41) is 0.911. The SMILES string of the molecule is C#CCn1cc(C[C@H](N)C(=O)N2CC(C)(C)c3nc(O[Si](C)(C)C(C)(C)C)c(Cc4ccc(F)cc4)cc32)c2cc(OC)ccc21. The number of pyridine rings is 1. The molecule has 7 nitrogen and oxygen atoms in total. The van der Waals surface area contributed by atoms with Crippen LogP contribution >= 0.6 is 0 Å². The predicted octanol–water partition coefficient (Wildman–Crippen LogP) is 6.99. The Bertz CT molecular complexity index is 1820. The number of fused-ring (bicyclic) bond motifs is 2. The Hall–Kier alpha value is -4.13. The first-order valence-corrected chi connectivity index (χ1v) is 18.6. The first-order valence-electron chi connectivity index (χ1n) is 15.7. The third-order valence-electron chi connectivity index (χ3n) is 9.45. The molecule has 1 atom stereocenters. The Balaban J connectivity index is 1.53. The van der Waals surface area contributed by atoms with Gasteiger partial charge in [0.05, 0.1) is 31.1 Å². The van der Waals surface area contributed by atoms with E-state index in [2.05, 4.69) is 53.6 Å². The molecule has 0 saturated heterocycles. The number of halogens is 1. The Morgan fingerprint density at radius 2 is 1.85 bits per heavy atom. The van der Waals surface area contributed by atoms with E-state index in [1.165, 1.54) is 12.1 Å². The fraction of sp³-hybridized carbons (Fsp3) is 0.405. The molecule has 1 amide bonds. The van der Waals surface area contributed by atoms with E-state index in [0.29, 0.717) is 31.8 Å². The fourth-order valence-electron chi connectivity index (χ4n) is 5.81. The van der Waals surface area contributed by atoms with Crippen molar-refractivity contribution in [1.29, 1.82) is 0 Å². The molecule has 9 heteroatoms. The normalized spacial score (nSPS) is 15.0. The van der Waals surface area contributed by atoms with E-state index in [0.717, 1.165) is 44.7 Å². The minimum Gasteiger partial charge on any atom is -0.530 e. The summed E-state index contributed by atoms with van der Waals surface area (Å²) < 4.78 is 28.0. The van der Waals surface area contributed by atoms with Crippen molar-refractivity contribution in [3.8, 4) is 24.0 Å². The summed E-state index contributed by atoms with van der Waals surface area (Å²) in [7, 11) is -0.635. The van der Waals surface area contributed by atoms with E-state index in [1.54, 1.807) is 24.1 Å². The summed E-state index contributed by atoms with van der Waals surface area (Å²) >= 11 is 0. The average molecular weight is 641 g/mol. The molecule has 0 fully saturated rings. The van der Waals surface area contributed by atoms with Crippen LogP contribution in [0, 0.1) is 18.2 Å². The number of carbonyl (C=O) groups excluding carboxylic acids is 1. The van der Waals surface area contributed by atoms with E-state index in [4.69, 9.17) is 26.3 Å². The van der Waals surface area contributed by atoms with Crippen molar-refractivity contribution < 1.29 is 18.3 Å². The summed E-state index contributed by atoms with van der Waals surface area (Å²) in [5.74, 6) is 3.53. The number of amides is 1. The lowest BCUT2D eigenvalue weighted by Crippen LogP contribution is -2.46. The van der Waals surface area contributed by atoms with Crippen LogP contribution in [0.4, 0.5) is 10.1 Å². The Morgan fingerprint density at radius 3 is 2.48 bits per heavy atom. The van der Waals surface area contributed by atoms with Crippen LogP contribution in [-0.4, -0.2) is 43.5 Å². The van der Waals surface area contributed by atoms with Crippen LogP contribution < -0.4 is 19.8 Å². The Labute approximate surface area is 273 Å². The number of hydrogen-bond donors (Lipinski definition) is 1. The number of nitrogens with zero attached hydrogens (tertiary/aromatic N) is 3. The van der Waals surface area contributed by atoms with Crippen LogP contribution in [0.5, 0.6) is 11.6 Å². The molecule has 2 aromatic carbocycles. The minimum atomic E-state index is -2.26. The summed E-state index contributed by atoms with van der Waals surface area (Å²) in [6, 6.07) is 13.5. The lowest BCUT2D eigenvalue weighted by atomic mass is 9.91. The Morgan fingerprint density at radius 1 is 1.15 bits per heavy atom. The standard InChI is InChI=1S/C37H45FN4O3Si/c1-10-17-41-22-26(29-21-28(44-7)15-16-31(29)41)19-30(39)35(43)42-23-37(5,6)33-32(42)20-25(18-24-11-13-27(38)14-12-24)34(40-33)45-46(8,9)36(2,3)4/h1,11-16,20-22,30H,17-19,23,39H2,2-9H3/t30-/m0/s1. The Kier molecular flexibility index (Phi) is 8.84. The second-order valence-corrected chi connectivity index (χ2v) is 19.2. The van der Waals surface area contributed by atoms with Gasteiger partial charge in [-0.3, -0.25) is 4.79 Å². The maximum Gasteiger partial charge on any atom is 0.252 e. The number of ether oxygens (including phenoxy) is 1. The van der Waals surface area contributed by atoms with Gasteiger partial charge in [-0.2, -0.15) is 0 Å². The highest BCUT2D eigenvalue weighted by Crippen LogP contribution is 2.44. The third-order valence-corrected chi connectivity index (χ3v) is 13.8. The number of benzene rings is 2. The topological polar surface area (TPSA) is 82.6 Å². The first-order chi connectivity index (χ1) is 21.5. The van der Waals surface area contributed by atoms with Crippen LogP contribution in [0.15, 0.2) is 54.7 Å². The van der Waals surface area contributed by atoms with E-state index < -0.39 is 19.8 Å². The number of nitrogens with two attached hydrogens (primary N) is 1. The van der Waals surface area contributed by atoms with Gasteiger partial charge in [0.1, 0.15) is 11.6 Å². The van der Waals surface area contributed by atoms with Crippen molar-refractivity contribution in [3.05, 3.63) is 82.9 Å². The van der Waals surface area contributed by atoms with Crippen LogP contribution in [0.2, 0.25) is 18.1 Å². The van der Waals surface area contributed by atoms with Gasteiger partial charge < -0.3 is 24.4 Å². The predicted molar refractivity (Wildman–Crippen MR) is 186 cm³/mol.